The van der Waals surface area contributed by atoms with E-state index in [1.807, 2.05) is 78.9 Å². The number of carbonyl (C=O) groups is 1. The summed E-state index contributed by atoms with van der Waals surface area (Å²) in [6.45, 7) is 0. The molecule has 0 aliphatic carbocycles. The maximum atomic E-state index is 13.6. The number of aromatic nitrogens is 2. The molecule has 0 radical (unpaired) electrons. The first-order chi connectivity index (χ1) is 21.0. The summed E-state index contributed by atoms with van der Waals surface area (Å²) < 4.78 is 4.37. The number of para-hydroxylation sites is 2. The van der Waals surface area contributed by atoms with Crippen LogP contribution < -0.4 is 0 Å². The third kappa shape index (κ3) is 4.63. The summed E-state index contributed by atoms with van der Waals surface area (Å²) in [4.78, 5) is 13.6. The molecule has 0 unspecified atom stereocenters. The molecular weight excluding hydrogens is 528 g/mol. The quantitative estimate of drug-likeness (QED) is 0.126. The molecule has 0 fully saturated rings. The van der Waals surface area contributed by atoms with Crippen LogP contribution in [0, 0.1) is 0 Å². The van der Waals surface area contributed by atoms with Gasteiger partial charge >= 0.3 is 0 Å². The Labute approximate surface area is 249 Å². The number of fused-ring (bicyclic) bond motifs is 6. The van der Waals surface area contributed by atoms with E-state index in [4.69, 9.17) is 0 Å². The number of benzene rings is 5. The second-order valence-electron chi connectivity index (χ2n) is 10.9. The van der Waals surface area contributed by atoms with Gasteiger partial charge in [-0.25, -0.2) is 0 Å². The van der Waals surface area contributed by atoms with Crippen LogP contribution in [-0.4, -0.2) is 20.0 Å². The van der Waals surface area contributed by atoms with Crippen LogP contribution in [0.4, 0.5) is 0 Å². The van der Waals surface area contributed by atoms with Crippen LogP contribution in [-0.2, 0) is 18.9 Å². The van der Waals surface area contributed by atoms with E-state index in [0.717, 1.165) is 32.9 Å². The Hall–Kier alpha value is -5.61. The first-order valence-corrected chi connectivity index (χ1v) is 14.3. The summed E-state index contributed by atoms with van der Waals surface area (Å²) in [5.74, 6) is -0.348. The normalized spacial score (nSPS) is 12.8. The predicted octanol–water partition coefficient (Wildman–Crippen LogP) is 9.24. The van der Waals surface area contributed by atoms with Crippen LogP contribution >= 0.6 is 0 Å². The van der Waals surface area contributed by atoms with Crippen LogP contribution in [0.5, 0.6) is 0 Å². The number of rotatable bonds is 6. The molecule has 0 amide bonds. The highest BCUT2D eigenvalue weighted by Gasteiger charge is 2.15. The van der Waals surface area contributed by atoms with Crippen LogP contribution in [0.1, 0.15) is 16.7 Å². The summed E-state index contributed by atoms with van der Waals surface area (Å²) in [7, 11) is 4.14. The van der Waals surface area contributed by atoms with E-state index in [-0.39, 0.29) is 17.1 Å². The number of aliphatic hydroxyl groups is 1. The van der Waals surface area contributed by atoms with Crippen LogP contribution in [0.3, 0.4) is 0 Å². The topological polar surface area (TPSA) is 47.2 Å². The van der Waals surface area contributed by atoms with E-state index < -0.39 is 0 Å². The number of aryl methyl sites for hydroxylation is 2. The molecule has 0 saturated heterocycles. The zero-order chi connectivity index (χ0) is 29.5. The van der Waals surface area contributed by atoms with Crippen molar-refractivity contribution in [3.05, 3.63) is 150 Å². The Balaban J connectivity index is 1.24. The van der Waals surface area contributed by atoms with Crippen molar-refractivity contribution in [2.75, 3.05) is 0 Å². The molecular formula is C39H30N2O2. The average molecular weight is 559 g/mol. The summed E-state index contributed by atoms with van der Waals surface area (Å²) >= 11 is 0. The Morgan fingerprint density at radius 1 is 0.558 bits per heavy atom. The predicted molar refractivity (Wildman–Crippen MR) is 180 cm³/mol. The molecule has 208 valence electrons. The molecule has 4 nitrogen and oxygen atoms in total. The molecule has 0 aliphatic heterocycles. The highest BCUT2D eigenvalue weighted by molar-refractivity contribution is 6.28. The maximum Gasteiger partial charge on any atom is 0.190 e. The van der Waals surface area contributed by atoms with Crippen molar-refractivity contribution in [1.29, 1.82) is 0 Å². The van der Waals surface area contributed by atoms with Gasteiger partial charge in [-0.05, 0) is 65.2 Å². The van der Waals surface area contributed by atoms with Gasteiger partial charge in [-0.1, -0.05) is 91.0 Å². The lowest BCUT2D eigenvalue weighted by Crippen LogP contribution is -2.01. The van der Waals surface area contributed by atoms with Crippen molar-refractivity contribution in [3.8, 4) is 0 Å². The van der Waals surface area contributed by atoms with Crippen molar-refractivity contribution in [2.45, 2.75) is 0 Å². The Kier molecular flexibility index (Phi) is 6.52. The molecule has 0 bridgehead atoms. The van der Waals surface area contributed by atoms with Gasteiger partial charge in [0.05, 0.1) is 5.57 Å². The smallest absolute Gasteiger partial charge is 0.190 e. The number of aliphatic hydroxyl groups excluding tert-OH is 1. The van der Waals surface area contributed by atoms with Gasteiger partial charge in [0.2, 0.25) is 0 Å². The second-order valence-corrected chi connectivity index (χ2v) is 10.9. The average Bonchev–Trinajstić information content (AvgIpc) is 3.50. The molecule has 0 spiro atoms. The van der Waals surface area contributed by atoms with Crippen molar-refractivity contribution in [3.63, 3.8) is 0 Å². The zero-order valence-electron chi connectivity index (χ0n) is 24.0. The van der Waals surface area contributed by atoms with Gasteiger partial charge in [0.1, 0.15) is 5.76 Å². The third-order valence-electron chi connectivity index (χ3n) is 8.30. The molecule has 43 heavy (non-hydrogen) atoms. The zero-order valence-corrected chi connectivity index (χ0v) is 24.0. The third-order valence-corrected chi connectivity index (χ3v) is 8.30. The van der Waals surface area contributed by atoms with Crippen molar-refractivity contribution in [2.24, 2.45) is 14.1 Å². The summed E-state index contributed by atoms with van der Waals surface area (Å²) in [6.07, 6.45) is 6.83. The molecule has 0 saturated carbocycles. The van der Waals surface area contributed by atoms with Gasteiger partial charge in [0.15, 0.2) is 5.78 Å². The van der Waals surface area contributed by atoms with E-state index in [2.05, 4.69) is 71.8 Å². The summed E-state index contributed by atoms with van der Waals surface area (Å²) in [5, 5.41) is 15.9. The Bertz CT molecular complexity index is 2280. The van der Waals surface area contributed by atoms with E-state index in [0.29, 0.717) is 5.56 Å². The molecule has 0 aliphatic rings. The maximum absolute atomic E-state index is 13.6. The van der Waals surface area contributed by atoms with E-state index in [1.165, 1.54) is 21.8 Å². The van der Waals surface area contributed by atoms with Gasteiger partial charge in [0, 0.05) is 57.7 Å². The van der Waals surface area contributed by atoms with Gasteiger partial charge in [-0.2, -0.15) is 0 Å². The molecule has 7 aromatic rings. The largest absolute Gasteiger partial charge is 0.507 e. The monoisotopic (exact) mass is 558 g/mol. The molecule has 2 aromatic heterocycles. The lowest BCUT2D eigenvalue weighted by Gasteiger charge is -2.07. The SMILES string of the molecule is Cn1c2ccccc2c2cc(/C=C/C(=O)/C(=C(O)/C=C/c3ccc4c(c3)c3ccccc3n4C)c3ccccc3)ccc21. The van der Waals surface area contributed by atoms with Gasteiger partial charge < -0.3 is 14.2 Å². The van der Waals surface area contributed by atoms with Gasteiger partial charge in [0.25, 0.3) is 0 Å². The first kappa shape index (κ1) is 26.3. The lowest BCUT2D eigenvalue weighted by molar-refractivity contribution is -0.109. The molecule has 7 rings (SSSR count). The molecule has 0 atom stereocenters. The molecule has 2 heterocycles. The Morgan fingerprint density at radius 3 is 1.58 bits per heavy atom. The molecule has 1 N–H and O–H groups in total. The number of nitrogens with zero attached hydrogens (tertiary/aromatic N) is 2. The van der Waals surface area contributed by atoms with Gasteiger partial charge in [-0.3, -0.25) is 4.79 Å². The minimum Gasteiger partial charge on any atom is -0.507 e. The lowest BCUT2D eigenvalue weighted by atomic mass is 9.98. The minimum absolute atomic E-state index is 0.0802. The van der Waals surface area contributed by atoms with Crippen molar-refractivity contribution < 1.29 is 9.90 Å². The highest BCUT2D eigenvalue weighted by Crippen LogP contribution is 2.31. The Morgan fingerprint density at radius 2 is 1.02 bits per heavy atom. The van der Waals surface area contributed by atoms with Crippen molar-refractivity contribution >= 4 is 67.1 Å². The number of hydrogen-bond donors (Lipinski definition) is 1. The summed E-state index contributed by atoms with van der Waals surface area (Å²) in [6, 6.07) is 38.4. The number of ketones is 1. The number of allylic oxidation sites excluding steroid dienone is 3. The first-order valence-electron chi connectivity index (χ1n) is 14.3. The van der Waals surface area contributed by atoms with Crippen LogP contribution in [0.15, 0.2) is 133 Å². The molecule has 5 aromatic carbocycles. The number of carbonyl (C=O) groups excluding carboxylic acids is 1. The molecule has 4 heteroatoms. The second kappa shape index (κ2) is 10.7. The van der Waals surface area contributed by atoms with Gasteiger partial charge in [-0.15, -0.1) is 0 Å². The van der Waals surface area contributed by atoms with Crippen LogP contribution in [0.25, 0.3) is 61.3 Å². The van der Waals surface area contributed by atoms with E-state index in [9.17, 15) is 9.90 Å². The number of hydrogen-bond acceptors (Lipinski definition) is 2. The minimum atomic E-state index is -0.268. The summed E-state index contributed by atoms with van der Waals surface area (Å²) in [5.41, 5.74) is 7.39. The van der Waals surface area contributed by atoms with E-state index >= 15 is 0 Å². The highest BCUT2D eigenvalue weighted by atomic mass is 16.3. The van der Waals surface area contributed by atoms with E-state index in [1.54, 1.807) is 12.2 Å². The standard InChI is InChI=1S/C39H30N2O2/c1-40-33-14-8-6-12-29(33)31-24-26(16-20-35(31)40)18-22-37(42)39(28-10-4-3-5-11-28)38(43)23-19-27-17-21-36-32(25-27)30-13-7-9-15-34(30)41(36)2/h3-25,42H,1-2H3/b22-18+,23-19+,39-37-. The van der Waals surface area contributed by atoms with Crippen molar-refractivity contribution in [1.82, 2.24) is 9.13 Å². The fourth-order valence-corrected chi connectivity index (χ4v) is 6.11. The van der Waals surface area contributed by atoms with Crippen LogP contribution in [0.2, 0.25) is 0 Å². The fraction of sp³-hybridized carbons (Fsp3) is 0.0513. The fourth-order valence-electron chi connectivity index (χ4n) is 6.11.